The van der Waals surface area contributed by atoms with Gasteiger partial charge in [0.15, 0.2) is 0 Å². The number of carbonyl (C=O) groups is 2. The van der Waals surface area contributed by atoms with Gasteiger partial charge in [-0.2, -0.15) is 5.10 Å². The van der Waals surface area contributed by atoms with Crippen molar-refractivity contribution in [2.75, 3.05) is 14.2 Å². The van der Waals surface area contributed by atoms with Gasteiger partial charge in [-0.05, 0) is 38.5 Å². The van der Waals surface area contributed by atoms with Crippen LogP contribution in [0.1, 0.15) is 49.2 Å². The molecule has 140 valence electrons. The molecule has 26 heavy (non-hydrogen) atoms. The quantitative estimate of drug-likeness (QED) is 0.802. The summed E-state index contributed by atoms with van der Waals surface area (Å²) in [7, 11) is 2.90. The maximum absolute atomic E-state index is 12.6. The molecule has 0 saturated carbocycles. The van der Waals surface area contributed by atoms with Gasteiger partial charge in [-0.3, -0.25) is 14.3 Å². The number of benzene rings is 1. The third-order valence-corrected chi connectivity index (χ3v) is 3.95. The monoisotopic (exact) mass is 359 g/mol. The van der Waals surface area contributed by atoms with Crippen molar-refractivity contribution in [2.24, 2.45) is 0 Å². The van der Waals surface area contributed by atoms with E-state index in [4.69, 9.17) is 9.47 Å². The standard InChI is InChI=1S/C19H25N3O4/c1-19(2,3)22-12-14(11-20-22)18(24)21-16(10-17(23)26-5)13-6-8-15(25-4)9-7-13/h6-9,11-12,16H,10H2,1-5H3,(H,21,24). The Balaban J connectivity index is 2.20. The van der Waals surface area contributed by atoms with E-state index in [1.54, 1.807) is 30.1 Å². The molecule has 1 heterocycles. The summed E-state index contributed by atoms with van der Waals surface area (Å²) in [4.78, 5) is 24.4. The summed E-state index contributed by atoms with van der Waals surface area (Å²) >= 11 is 0. The lowest BCUT2D eigenvalue weighted by molar-refractivity contribution is -0.141. The van der Waals surface area contributed by atoms with Crippen LogP contribution in [0.5, 0.6) is 5.75 Å². The maximum Gasteiger partial charge on any atom is 0.307 e. The molecule has 0 fully saturated rings. The zero-order valence-electron chi connectivity index (χ0n) is 15.8. The molecular weight excluding hydrogens is 334 g/mol. The minimum atomic E-state index is -0.515. The van der Waals surface area contributed by atoms with Gasteiger partial charge >= 0.3 is 5.97 Å². The van der Waals surface area contributed by atoms with Gasteiger partial charge in [0.05, 0.1) is 44.0 Å². The molecule has 1 unspecified atom stereocenters. The molecule has 0 spiro atoms. The molecule has 2 aromatic rings. The van der Waals surface area contributed by atoms with E-state index in [0.717, 1.165) is 5.56 Å². The van der Waals surface area contributed by atoms with Crippen LogP contribution in [0.3, 0.4) is 0 Å². The number of rotatable bonds is 6. The smallest absolute Gasteiger partial charge is 0.307 e. The van der Waals surface area contributed by atoms with E-state index in [-0.39, 0.29) is 17.9 Å². The zero-order chi connectivity index (χ0) is 19.3. The van der Waals surface area contributed by atoms with E-state index in [9.17, 15) is 9.59 Å². The van der Waals surface area contributed by atoms with E-state index in [0.29, 0.717) is 11.3 Å². The number of ether oxygens (including phenoxy) is 2. The van der Waals surface area contributed by atoms with Gasteiger partial charge in [-0.1, -0.05) is 12.1 Å². The average Bonchev–Trinajstić information content (AvgIpc) is 3.11. The lowest BCUT2D eigenvalue weighted by Crippen LogP contribution is -2.30. The second-order valence-corrected chi connectivity index (χ2v) is 6.92. The van der Waals surface area contributed by atoms with Crippen LogP contribution in [-0.4, -0.2) is 35.9 Å². The Bertz CT molecular complexity index is 760. The van der Waals surface area contributed by atoms with Crippen LogP contribution in [0.15, 0.2) is 36.7 Å². The van der Waals surface area contributed by atoms with Gasteiger partial charge in [0.25, 0.3) is 5.91 Å². The predicted octanol–water partition coefficient (Wildman–Crippen LogP) is 2.68. The highest BCUT2D eigenvalue weighted by atomic mass is 16.5. The normalized spacial score (nSPS) is 12.3. The summed E-state index contributed by atoms with van der Waals surface area (Å²) in [6.07, 6.45) is 3.24. The van der Waals surface area contributed by atoms with Gasteiger partial charge in [-0.25, -0.2) is 0 Å². The largest absolute Gasteiger partial charge is 0.497 e. The van der Waals surface area contributed by atoms with Crippen LogP contribution in [0.25, 0.3) is 0 Å². The van der Waals surface area contributed by atoms with Crippen molar-refractivity contribution in [2.45, 2.75) is 38.8 Å². The fraction of sp³-hybridized carbons (Fsp3) is 0.421. The summed E-state index contributed by atoms with van der Waals surface area (Å²) in [5.74, 6) is -0.00919. The molecule has 1 aromatic heterocycles. The SMILES string of the molecule is COC(=O)CC(NC(=O)c1cnn(C(C)(C)C)c1)c1ccc(OC)cc1. The summed E-state index contributed by atoms with van der Waals surface area (Å²) in [6, 6.07) is 6.67. The van der Waals surface area contributed by atoms with Crippen LogP contribution in [-0.2, 0) is 15.1 Å². The molecule has 0 bridgehead atoms. The van der Waals surface area contributed by atoms with Crippen LogP contribution < -0.4 is 10.1 Å². The van der Waals surface area contributed by atoms with E-state index in [1.807, 2.05) is 32.9 Å². The fourth-order valence-electron chi connectivity index (χ4n) is 2.39. The summed E-state index contributed by atoms with van der Waals surface area (Å²) in [5, 5.41) is 7.12. The van der Waals surface area contributed by atoms with Crippen LogP contribution >= 0.6 is 0 Å². The van der Waals surface area contributed by atoms with Crippen molar-refractivity contribution in [3.8, 4) is 5.75 Å². The number of methoxy groups -OCH3 is 2. The van der Waals surface area contributed by atoms with Gasteiger partial charge < -0.3 is 14.8 Å². The Morgan fingerprint density at radius 3 is 2.35 bits per heavy atom. The highest BCUT2D eigenvalue weighted by molar-refractivity contribution is 5.94. The number of esters is 1. The number of nitrogens with one attached hydrogen (secondary N) is 1. The molecule has 1 atom stereocenters. The van der Waals surface area contributed by atoms with E-state index >= 15 is 0 Å². The Labute approximate surface area is 153 Å². The number of nitrogens with zero attached hydrogens (tertiary/aromatic N) is 2. The first-order chi connectivity index (χ1) is 12.2. The van der Waals surface area contributed by atoms with E-state index in [1.165, 1.54) is 13.3 Å². The Hall–Kier alpha value is -2.83. The summed E-state index contributed by atoms with van der Waals surface area (Å²) in [5.41, 5.74) is 0.996. The first-order valence-electron chi connectivity index (χ1n) is 8.31. The summed E-state index contributed by atoms with van der Waals surface area (Å²) in [6.45, 7) is 6.00. The lowest BCUT2D eigenvalue weighted by atomic mass is 10.0. The molecule has 1 aromatic carbocycles. The molecule has 7 heteroatoms. The molecule has 0 aliphatic heterocycles. The molecule has 0 radical (unpaired) electrons. The lowest BCUT2D eigenvalue weighted by Gasteiger charge is -2.19. The second-order valence-electron chi connectivity index (χ2n) is 6.92. The number of amides is 1. The van der Waals surface area contributed by atoms with Crippen LogP contribution in [0.2, 0.25) is 0 Å². The fourth-order valence-corrected chi connectivity index (χ4v) is 2.39. The molecule has 1 N–H and O–H groups in total. The zero-order valence-corrected chi connectivity index (χ0v) is 15.8. The topological polar surface area (TPSA) is 82.5 Å². The Morgan fingerprint density at radius 2 is 1.85 bits per heavy atom. The van der Waals surface area contributed by atoms with Crippen molar-refractivity contribution >= 4 is 11.9 Å². The third kappa shape index (κ3) is 4.84. The van der Waals surface area contributed by atoms with E-state index < -0.39 is 12.0 Å². The van der Waals surface area contributed by atoms with Crippen molar-refractivity contribution in [1.82, 2.24) is 15.1 Å². The number of hydrogen-bond donors (Lipinski definition) is 1. The molecule has 0 aliphatic carbocycles. The van der Waals surface area contributed by atoms with Crippen LogP contribution in [0.4, 0.5) is 0 Å². The Morgan fingerprint density at radius 1 is 1.19 bits per heavy atom. The van der Waals surface area contributed by atoms with Gasteiger partial charge in [-0.15, -0.1) is 0 Å². The molecule has 2 rings (SSSR count). The van der Waals surface area contributed by atoms with Crippen molar-refractivity contribution in [1.29, 1.82) is 0 Å². The van der Waals surface area contributed by atoms with Gasteiger partial charge in [0, 0.05) is 6.20 Å². The maximum atomic E-state index is 12.6. The van der Waals surface area contributed by atoms with Crippen molar-refractivity contribution in [3.63, 3.8) is 0 Å². The molecule has 1 amide bonds. The molecular formula is C19H25N3O4. The second kappa shape index (κ2) is 8.03. The third-order valence-electron chi connectivity index (χ3n) is 3.95. The van der Waals surface area contributed by atoms with Crippen molar-refractivity contribution in [3.05, 3.63) is 47.8 Å². The number of aromatic nitrogens is 2. The molecule has 7 nitrogen and oxygen atoms in total. The van der Waals surface area contributed by atoms with Gasteiger partial charge in [0.2, 0.25) is 0 Å². The van der Waals surface area contributed by atoms with Gasteiger partial charge in [0.1, 0.15) is 5.75 Å². The summed E-state index contributed by atoms with van der Waals surface area (Å²) < 4.78 is 11.6. The first kappa shape index (κ1) is 19.5. The Kier molecular flexibility index (Phi) is 6.02. The minimum Gasteiger partial charge on any atom is -0.497 e. The average molecular weight is 359 g/mol. The van der Waals surface area contributed by atoms with Crippen molar-refractivity contribution < 1.29 is 19.1 Å². The number of hydrogen-bond acceptors (Lipinski definition) is 5. The van der Waals surface area contributed by atoms with E-state index in [2.05, 4.69) is 10.4 Å². The highest BCUT2D eigenvalue weighted by Gasteiger charge is 2.22. The minimum absolute atomic E-state index is 0.0297. The predicted molar refractivity (Wildman–Crippen MR) is 97.1 cm³/mol. The highest BCUT2D eigenvalue weighted by Crippen LogP contribution is 2.22. The number of carbonyl (C=O) groups excluding carboxylic acids is 2. The first-order valence-corrected chi connectivity index (χ1v) is 8.31. The van der Waals surface area contributed by atoms with Crippen LogP contribution in [0, 0.1) is 0 Å². The molecule has 0 aliphatic rings. The molecule has 0 saturated heterocycles.